The first kappa shape index (κ1) is 25.2. The monoisotopic (exact) mass is 533 g/mol. The van der Waals surface area contributed by atoms with Crippen LogP contribution in [0.4, 0.5) is 5.69 Å². The fraction of sp³-hybridized carbons (Fsp3) is 0.296. The number of rotatable bonds is 6. The van der Waals surface area contributed by atoms with E-state index in [1.54, 1.807) is 4.68 Å². The van der Waals surface area contributed by atoms with Crippen LogP contribution in [0, 0.1) is 20.8 Å². The van der Waals surface area contributed by atoms with Gasteiger partial charge in [-0.2, -0.15) is 0 Å². The number of nitrogens with zero attached hydrogens (tertiary/aromatic N) is 7. The molecule has 5 rings (SSSR count). The van der Waals surface area contributed by atoms with E-state index in [2.05, 4.69) is 25.2 Å². The van der Waals surface area contributed by atoms with Gasteiger partial charge in [-0.25, -0.2) is 14.6 Å². The Morgan fingerprint density at radius 2 is 1.62 bits per heavy atom. The summed E-state index contributed by atoms with van der Waals surface area (Å²) in [5.41, 5.74) is 6.00. The summed E-state index contributed by atoms with van der Waals surface area (Å²) >= 11 is 7.65. The summed E-state index contributed by atoms with van der Waals surface area (Å²) in [6.07, 6.45) is 0. The van der Waals surface area contributed by atoms with Crippen molar-refractivity contribution in [3.8, 4) is 5.69 Å². The van der Waals surface area contributed by atoms with Crippen LogP contribution >= 0.6 is 23.4 Å². The molecule has 1 aliphatic rings. The van der Waals surface area contributed by atoms with E-state index < -0.39 is 0 Å². The smallest absolute Gasteiger partial charge is 0.276 e. The van der Waals surface area contributed by atoms with Crippen LogP contribution in [0.25, 0.3) is 5.69 Å². The molecule has 0 radical (unpaired) electrons. The number of hydrogen-bond acceptors (Lipinski definition) is 7. The molecule has 2 aromatic heterocycles. The molecule has 8 nitrogen and oxygen atoms in total. The van der Waals surface area contributed by atoms with Gasteiger partial charge in [0, 0.05) is 54.0 Å². The first-order chi connectivity index (χ1) is 17.9. The maximum atomic E-state index is 13.7. The second kappa shape index (κ2) is 10.9. The Morgan fingerprint density at radius 1 is 0.919 bits per heavy atom. The molecule has 2 aromatic carbocycles. The Morgan fingerprint density at radius 3 is 2.30 bits per heavy atom. The number of benzene rings is 2. The third-order valence-electron chi connectivity index (χ3n) is 6.28. The molecule has 0 atom stereocenters. The lowest BCUT2D eigenvalue weighted by Gasteiger charge is -2.36. The molecule has 0 saturated carbocycles. The van der Waals surface area contributed by atoms with E-state index in [0.29, 0.717) is 34.7 Å². The minimum atomic E-state index is -0.110. The Hall–Kier alpha value is -3.43. The highest BCUT2D eigenvalue weighted by molar-refractivity contribution is 7.98. The summed E-state index contributed by atoms with van der Waals surface area (Å²) < 4.78 is 1.75. The summed E-state index contributed by atoms with van der Waals surface area (Å²) in [5.74, 6) is 0.355. The van der Waals surface area contributed by atoms with Crippen molar-refractivity contribution < 1.29 is 4.79 Å². The van der Waals surface area contributed by atoms with E-state index in [1.807, 2.05) is 80.3 Å². The van der Waals surface area contributed by atoms with Gasteiger partial charge < -0.3 is 9.80 Å². The topological polar surface area (TPSA) is 80.0 Å². The lowest BCUT2D eigenvalue weighted by molar-refractivity contribution is 0.0740. The van der Waals surface area contributed by atoms with Crippen molar-refractivity contribution in [1.82, 2.24) is 29.9 Å². The number of halogens is 1. The van der Waals surface area contributed by atoms with Crippen LogP contribution in [0.3, 0.4) is 0 Å². The van der Waals surface area contributed by atoms with Crippen molar-refractivity contribution in [2.75, 3.05) is 31.1 Å². The summed E-state index contributed by atoms with van der Waals surface area (Å²) in [7, 11) is 0. The van der Waals surface area contributed by atoms with Gasteiger partial charge in [-0.15, -0.1) is 5.10 Å². The molecular formula is C27H28ClN7OS. The highest BCUT2D eigenvalue weighted by Gasteiger charge is 2.28. The van der Waals surface area contributed by atoms with Gasteiger partial charge in [0.05, 0.1) is 11.4 Å². The summed E-state index contributed by atoms with van der Waals surface area (Å²) in [6, 6.07) is 17.8. The predicted octanol–water partition coefficient (Wildman–Crippen LogP) is 4.89. The summed E-state index contributed by atoms with van der Waals surface area (Å²) in [5, 5.41) is 10.1. The van der Waals surface area contributed by atoms with Crippen LogP contribution in [0.15, 0.2) is 59.8 Å². The van der Waals surface area contributed by atoms with Gasteiger partial charge >= 0.3 is 0 Å². The quantitative estimate of drug-likeness (QED) is 0.258. The van der Waals surface area contributed by atoms with Crippen molar-refractivity contribution in [3.05, 3.63) is 88.0 Å². The number of piperazine rings is 1. The number of aryl methyl sites for hydroxylation is 3. The number of carbonyl (C=O) groups is 1. The van der Waals surface area contributed by atoms with Gasteiger partial charge in [-0.1, -0.05) is 52.3 Å². The van der Waals surface area contributed by atoms with E-state index in [0.717, 1.165) is 47.1 Å². The van der Waals surface area contributed by atoms with Crippen LogP contribution in [-0.4, -0.2) is 61.9 Å². The molecule has 0 N–H and O–H groups in total. The van der Waals surface area contributed by atoms with Gasteiger partial charge in [-0.05, 0) is 57.2 Å². The minimum Gasteiger partial charge on any atom is -0.368 e. The fourth-order valence-electron chi connectivity index (χ4n) is 4.37. The number of aromatic nitrogens is 5. The van der Waals surface area contributed by atoms with Gasteiger partial charge in [-0.3, -0.25) is 4.79 Å². The molecule has 0 unspecified atom stereocenters. The molecule has 4 aromatic rings. The molecule has 10 heteroatoms. The van der Waals surface area contributed by atoms with Crippen molar-refractivity contribution in [2.24, 2.45) is 0 Å². The van der Waals surface area contributed by atoms with Crippen molar-refractivity contribution in [3.63, 3.8) is 0 Å². The SMILES string of the molecule is Cc1ccc(-n2nnc(C(=O)N3CCN(c4cccc(Cl)c4)CC3)c2CSc2nc(C)cc(C)n2)cc1. The average Bonchev–Trinajstić information content (AvgIpc) is 3.31. The molecule has 1 aliphatic heterocycles. The maximum absolute atomic E-state index is 13.7. The van der Waals surface area contributed by atoms with E-state index in [1.165, 1.54) is 11.8 Å². The number of anilines is 1. The fourth-order valence-corrected chi connectivity index (χ4v) is 5.50. The normalized spacial score (nSPS) is 13.7. The minimum absolute atomic E-state index is 0.110. The summed E-state index contributed by atoms with van der Waals surface area (Å²) in [6.45, 7) is 8.57. The number of carbonyl (C=O) groups excluding carboxylic acids is 1. The van der Waals surface area contributed by atoms with Crippen molar-refractivity contribution in [1.29, 1.82) is 0 Å². The Kier molecular flexibility index (Phi) is 7.43. The lowest BCUT2D eigenvalue weighted by Crippen LogP contribution is -2.49. The Bertz CT molecular complexity index is 1390. The van der Waals surface area contributed by atoms with Gasteiger partial charge in [0.1, 0.15) is 0 Å². The summed E-state index contributed by atoms with van der Waals surface area (Å²) in [4.78, 5) is 26.9. The molecule has 1 saturated heterocycles. The van der Waals surface area contributed by atoms with Crippen LogP contribution in [0.2, 0.25) is 5.02 Å². The molecule has 1 amide bonds. The second-order valence-corrected chi connectivity index (χ2v) is 10.5. The zero-order valence-electron chi connectivity index (χ0n) is 21.1. The van der Waals surface area contributed by atoms with E-state index >= 15 is 0 Å². The molecule has 0 bridgehead atoms. The number of hydrogen-bond donors (Lipinski definition) is 0. The van der Waals surface area contributed by atoms with Crippen LogP contribution in [0.1, 0.15) is 33.1 Å². The third-order valence-corrected chi connectivity index (χ3v) is 7.38. The second-order valence-electron chi connectivity index (χ2n) is 9.11. The number of thioether (sulfide) groups is 1. The van der Waals surface area contributed by atoms with Crippen molar-refractivity contribution >= 4 is 35.0 Å². The molecule has 1 fully saturated rings. The molecular weight excluding hydrogens is 506 g/mol. The molecule has 0 spiro atoms. The van der Waals surface area contributed by atoms with E-state index in [4.69, 9.17) is 11.6 Å². The first-order valence-corrected chi connectivity index (χ1v) is 13.5. The van der Waals surface area contributed by atoms with E-state index in [-0.39, 0.29) is 5.91 Å². The zero-order chi connectivity index (χ0) is 25.9. The van der Waals surface area contributed by atoms with Gasteiger partial charge in [0.15, 0.2) is 10.9 Å². The maximum Gasteiger partial charge on any atom is 0.276 e. The van der Waals surface area contributed by atoms with Gasteiger partial charge in [0.2, 0.25) is 0 Å². The number of amides is 1. The lowest BCUT2D eigenvalue weighted by atomic mass is 10.2. The standard InChI is InChI=1S/C27H28ClN7OS/c1-18-7-9-22(10-8-18)35-24(17-37-27-29-19(2)15-20(3)30-27)25(31-32-35)26(36)34-13-11-33(12-14-34)23-6-4-5-21(28)16-23/h4-10,15-16H,11-14,17H2,1-3H3. The average molecular weight is 534 g/mol. The molecule has 190 valence electrons. The highest BCUT2D eigenvalue weighted by atomic mass is 35.5. The van der Waals surface area contributed by atoms with E-state index in [9.17, 15) is 4.79 Å². The van der Waals surface area contributed by atoms with Crippen LogP contribution in [0.5, 0.6) is 0 Å². The van der Waals surface area contributed by atoms with Crippen LogP contribution < -0.4 is 4.90 Å². The van der Waals surface area contributed by atoms with Gasteiger partial charge in [0.25, 0.3) is 5.91 Å². The third kappa shape index (κ3) is 5.78. The zero-order valence-corrected chi connectivity index (χ0v) is 22.6. The predicted molar refractivity (Wildman–Crippen MR) is 147 cm³/mol. The first-order valence-electron chi connectivity index (χ1n) is 12.1. The Balaban J connectivity index is 1.38. The highest BCUT2D eigenvalue weighted by Crippen LogP contribution is 2.26. The largest absolute Gasteiger partial charge is 0.368 e. The van der Waals surface area contributed by atoms with Crippen LogP contribution in [-0.2, 0) is 5.75 Å². The molecule has 3 heterocycles. The van der Waals surface area contributed by atoms with Crippen molar-refractivity contribution in [2.45, 2.75) is 31.7 Å². The molecule has 37 heavy (non-hydrogen) atoms. The molecule has 0 aliphatic carbocycles. The Labute approximate surface area is 225 Å².